The Morgan fingerprint density at radius 2 is 1.84 bits per heavy atom. The molecule has 1 aliphatic heterocycles. The van der Waals surface area contributed by atoms with Gasteiger partial charge in [-0.05, 0) is 23.9 Å². The monoisotopic (exact) mass is 363 g/mol. The third-order valence-corrected chi connectivity index (χ3v) is 6.66. The van der Waals surface area contributed by atoms with Gasteiger partial charge < -0.3 is 4.98 Å². The maximum absolute atomic E-state index is 12.3. The molecule has 1 fully saturated rings. The lowest BCUT2D eigenvalue weighted by Gasteiger charge is -2.33. The largest absolute Gasteiger partial charge is 0.322 e. The summed E-state index contributed by atoms with van der Waals surface area (Å²) >= 11 is 0. The number of benzene rings is 1. The number of nitrogens with one attached hydrogen (secondary N) is 1. The number of unbranched alkanes of at least 4 members (excludes halogenated alkanes) is 1. The molecule has 0 saturated carbocycles. The second-order valence-electron chi connectivity index (χ2n) is 6.56. The van der Waals surface area contributed by atoms with E-state index in [0.29, 0.717) is 39.1 Å². The van der Waals surface area contributed by atoms with Crippen molar-refractivity contribution >= 4 is 20.9 Å². The molecule has 1 aromatic heterocycles. The van der Waals surface area contributed by atoms with Crippen molar-refractivity contribution in [2.75, 3.05) is 31.9 Å². The highest BCUT2D eigenvalue weighted by molar-refractivity contribution is 7.89. The molecule has 7 heteroatoms. The van der Waals surface area contributed by atoms with Gasteiger partial charge >= 0.3 is 0 Å². The van der Waals surface area contributed by atoms with Crippen molar-refractivity contribution in [1.29, 1.82) is 0 Å². The van der Waals surface area contributed by atoms with E-state index in [1.807, 2.05) is 37.3 Å². The zero-order chi connectivity index (χ0) is 17.9. The number of piperazine rings is 1. The summed E-state index contributed by atoms with van der Waals surface area (Å²) in [6.07, 6.45) is 1.58. The van der Waals surface area contributed by atoms with Crippen LogP contribution in [-0.4, -0.2) is 54.5 Å². The molecule has 0 radical (unpaired) electrons. The van der Waals surface area contributed by atoms with Crippen LogP contribution in [0.2, 0.25) is 0 Å². The average molecular weight is 363 g/mol. The highest BCUT2D eigenvalue weighted by Crippen LogP contribution is 2.14. The van der Waals surface area contributed by atoms with Gasteiger partial charge in [0.2, 0.25) is 10.0 Å². The quantitative estimate of drug-likeness (QED) is 0.849. The molecule has 1 saturated heterocycles. The minimum absolute atomic E-state index is 0.0725. The molecule has 1 N–H and O–H groups in total. The minimum atomic E-state index is -3.14. The van der Waals surface area contributed by atoms with Crippen LogP contribution in [0.15, 0.2) is 35.1 Å². The summed E-state index contributed by atoms with van der Waals surface area (Å²) in [4.78, 5) is 17.3. The molecule has 0 spiro atoms. The molecule has 1 aliphatic rings. The molecule has 1 aromatic carbocycles. The van der Waals surface area contributed by atoms with Gasteiger partial charge in [0, 0.05) is 43.8 Å². The SMILES string of the molecule is CCCCS(=O)(=O)N1CCN(Cc2cc3ccccc3[nH]c2=O)CC1. The number of pyridine rings is 1. The first-order chi connectivity index (χ1) is 12.0. The van der Waals surface area contributed by atoms with Gasteiger partial charge in [-0.2, -0.15) is 4.31 Å². The molecule has 136 valence electrons. The van der Waals surface area contributed by atoms with Gasteiger partial charge in [0.05, 0.1) is 5.75 Å². The van der Waals surface area contributed by atoms with Crippen LogP contribution in [-0.2, 0) is 16.6 Å². The molecule has 3 rings (SSSR count). The maximum atomic E-state index is 12.3. The van der Waals surface area contributed by atoms with Crippen LogP contribution < -0.4 is 5.56 Å². The van der Waals surface area contributed by atoms with Crippen LogP contribution >= 0.6 is 0 Å². The second kappa shape index (κ2) is 7.68. The summed E-state index contributed by atoms with van der Waals surface area (Å²) in [5.74, 6) is 0.230. The van der Waals surface area contributed by atoms with E-state index < -0.39 is 10.0 Å². The van der Waals surface area contributed by atoms with Gasteiger partial charge in [0.1, 0.15) is 0 Å². The van der Waals surface area contributed by atoms with Crippen LogP contribution in [0.25, 0.3) is 10.9 Å². The molecule has 0 aliphatic carbocycles. The molecule has 6 nitrogen and oxygen atoms in total. The Balaban J connectivity index is 1.65. The van der Waals surface area contributed by atoms with Crippen molar-refractivity contribution in [2.45, 2.75) is 26.3 Å². The van der Waals surface area contributed by atoms with Crippen molar-refractivity contribution in [1.82, 2.24) is 14.2 Å². The Morgan fingerprint density at radius 1 is 1.12 bits per heavy atom. The number of aromatic nitrogens is 1. The number of rotatable bonds is 6. The van der Waals surface area contributed by atoms with E-state index in [2.05, 4.69) is 9.88 Å². The summed E-state index contributed by atoms with van der Waals surface area (Å²) in [6, 6.07) is 9.65. The normalized spacial score (nSPS) is 17.2. The number of hydrogen-bond acceptors (Lipinski definition) is 4. The van der Waals surface area contributed by atoms with Crippen LogP contribution in [0.5, 0.6) is 0 Å². The Bertz CT molecular complexity index is 884. The van der Waals surface area contributed by atoms with Crippen molar-refractivity contribution < 1.29 is 8.42 Å². The van der Waals surface area contributed by atoms with Crippen LogP contribution in [0.1, 0.15) is 25.3 Å². The molecule has 0 bridgehead atoms. The summed E-state index contributed by atoms with van der Waals surface area (Å²) in [7, 11) is -3.14. The number of fused-ring (bicyclic) bond motifs is 1. The van der Waals surface area contributed by atoms with Crippen molar-refractivity contribution in [2.24, 2.45) is 0 Å². The summed E-state index contributed by atoms with van der Waals surface area (Å²) in [6.45, 7) is 4.84. The fourth-order valence-corrected chi connectivity index (χ4v) is 4.80. The number of sulfonamides is 1. The Labute approximate surface area is 148 Å². The minimum Gasteiger partial charge on any atom is -0.322 e. The topological polar surface area (TPSA) is 73.5 Å². The average Bonchev–Trinajstić information content (AvgIpc) is 2.61. The van der Waals surface area contributed by atoms with Gasteiger partial charge in [-0.3, -0.25) is 9.69 Å². The van der Waals surface area contributed by atoms with E-state index in [4.69, 9.17) is 0 Å². The smallest absolute Gasteiger partial charge is 0.252 e. The lowest BCUT2D eigenvalue weighted by Crippen LogP contribution is -2.49. The van der Waals surface area contributed by atoms with E-state index in [1.165, 1.54) is 0 Å². The number of para-hydroxylation sites is 1. The number of nitrogens with zero attached hydrogens (tertiary/aromatic N) is 2. The molecule has 2 aromatic rings. The predicted molar refractivity (Wildman–Crippen MR) is 100 cm³/mol. The first-order valence-corrected chi connectivity index (χ1v) is 10.4. The third kappa shape index (κ3) is 4.29. The first kappa shape index (κ1) is 18.1. The Morgan fingerprint density at radius 3 is 2.56 bits per heavy atom. The molecule has 0 unspecified atom stereocenters. The number of H-pyrrole nitrogens is 1. The van der Waals surface area contributed by atoms with Gasteiger partial charge in [0.25, 0.3) is 5.56 Å². The lowest BCUT2D eigenvalue weighted by molar-refractivity contribution is 0.181. The first-order valence-electron chi connectivity index (χ1n) is 8.81. The Hall–Kier alpha value is -1.70. The van der Waals surface area contributed by atoms with Gasteiger partial charge in [-0.15, -0.1) is 0 Å². The zero-order valence-electron chi connectivity index (χ0n) is 14.6. The standard InChI is InChI=1S/C18H25N3O3S/c1-2-3-12-25(23,24)21-10-8-20(9-11-21)14-16-13-15-6-4-5-7-17(15)19-18(16)22/h4-7,13H,2-3,8-12,14H2,1H3,(H,19,22). The highest BCUT2D eigenvalue weighted by atomic mass is 32.2. The van der Waals surface area contributed by atoms with Gasteiger partial charge in [-0.1, -0.05) is 31.5 Å². The molecule has 2 heterocycles. The molecular weight excluding hydrogens is 338 g/mol. The van der Waals surface area contributed by atoms with Crippen LogP contribution in [0.4, 0.5) is 0 Å². The van der Waals surface area contributed by atoms with Gasteiger partial charge in [0.15, 0.2) is 0 Å². The van der Waals surface area contributed by atoms with Crippen LogP contribution in [0, 0.1) is 0 Å². The predicted octanol–water partition coefficient (Wildman–Crippen LogP) is 1.78. The van der Waals surface area contributed by atoms with Crippen molar-refractivity contribution in [3.63, 3.8) is 0 Å². The Kier molecular flexibility index (Phi) is 5.56. The summed E-state index contributed by atoms with van der Waals surface area (Å²) in [5.41, 5.74) is 1.49. The van der Waals surface area contributed by atoms with Gasteiger partial charge in [-0.25, -0.2) is 8.42 Å². The fraction of sp³-hybridized carbons (Fsp3) is 0.500. The summed E-state index contributed by atoms with van der Waals surface area (Å²) < 4.78 is 26.1. The third-order valence-electron chi connectivity index (χ3n) is 4.70. The fourth-order valence-electron chi connectivity index (χ4n) is 3.17. The van der Waals surface area contributed by atoms with E-state index in [1.54, 1.807) is 4.31 Å². The second-order valence-corrected chi connectivity index (χ2v) is 8.64. The molecule has 25 heavy (non-hydrogen) atoms. The van der Waals surface area contributed by atoms with Crippen molar-refractivity contribution in [3.8, 4) is 0 Å². The lowest BCUT2D eigenvalue weighted by atomic mass is 10.1. The van der Waals surface area contributed by atoms with E-state index in [-0.39, 0.29) is 11.3 Å². The molecule has 0 amide bonds. The number of aromatic amines is 1. The number of hydrogen-bond donors (Lipinski definition) is 1. The van der Waals surface area contributed by atoms with Crippen LogP contribution in [0.3, 0.4) is 0 Å². The molecular formula is C18H25N3O3S. The van der Waals surface area contributed by atoms with Crippen molar-refractivity contribution in [3.05, 3.63) is 46.2 Å². The highest BCUT2D eigenvalue weighted by Gasteiger charge is 2.26. The maximum Gasteiger partial charge on any atom is 0.252 e. The van der Waals surface area contributed by atoms with E-state index in [9.17, 15) is 13.2 Å². The van der Waals surface area contributed by atoms with E-state index >= 15 is 0 Å². The zero-order valence-corrected chi connectivity index (χ0v) is 15.4. The summed E-state index contributed by atoms with van der Waals surface area (Å²) in [5, 5.41) is 1.01. The van der Waals surface area contributed by atoms with E-state index in [0.717, 1.165) is 22.9 Å². The molecule has 0 atom stereocenters.